The van der Waals surface area contributed by atoms with Gasteiger partial charge in [0.15, 0.2) is 0 Å². The Balaban J connectivity index is 2.14. The monoisotopic (exact) mass is 198 g/mol. The number of aliphatic hydroxyl groups is 2. The van der Waals surface area contributed by atoms with Gasteiger partial charge in [0.2, 0.25) is 0 Å². The second-order valence-electron chi connectivity index (χ2n) is 5.82. The molecule has 2 atom stereocenters. The van der Waals surface area contributed by atoms with Crippen LogP contribution >= 0.6 is 0 Å². The van der Waals surface area contributed by atoms with E-state index >= 15 is 0 Å². The molecular weight excluding hydrogens is 176 g/mol. The molecule has 2 fully saturated rings. The molecule has 2 aliphatic rings. The molecule has 0 saturated heterocycles. The van der Waals surface area contributed by atoms with E-state index in [1.54, 1.807) is 0 Å². The van der Waals surface area contributed by atoms with Gasteiger partial charge in [0.1, 0.15) is 0 Å². The minimum absolute atomic E-state index is 0.129. The van der Waals surface area contributed by atoms with E-state index in [9.17, 15) is 10.2 Å². The van der Waals surface area contributed by atoms with Crippen LogP contribution in [0.4, 0.5) is 0 Å². The molecule has 2 unspecified atom stereocenters. The summed E-state index contributed by atoms with van der Waals surface area (Å²) < 4.78 is 0. The zero-order valence-corrected chi connectivity index (χ0v) is 9.29. The van der Waals surface area contributed by atoms with Crippen LogP contribution in [0.3, 0.4) is 0 Å². The molecule has 0 amide bonds. The van der Waals surface area contributed by atoms with Crippen LogP contribution < -0.4 is 0 Å². The summed E-state index contributed by atoms with van der Waals surface area (Å²) in [6.45, 7) is 4.60. The minimum atomic E-state index is -0.571. The first kappa shape index (κ1) is 10.4. The van der Waals surface area contributed by atoms with Crippen molar-refractivity contribution in [3.63, 3.8) is 0 Å². The summed E-state index contributed by atoms with van der Waals surface area (Å²) in [5.74, 6) is 1.21. The molecule has 14 heavy (non-hydrogen) atoms. The molecule has 0 aliphatic heterocycles. The van der Waals surface area contributed by atoms with Crippen molar-refractivity contribution in [3.05, 3.63) is 0 Å². The van der Waals surface area contributed by atoms with Crippen LogP contribution in [0, 0.1) is 17.3 Å². The lowest BCUT2D eigenvalue weighted by atomic mass is 9.67. The Hall–Kier alpha value is -0.0800. The lowest BCUT2D eigenvalue weighted by Gasteiger charge is -2.44. The van der Waals surface area contributed by atoms with Gasteiger partial charge in [-0.2, -0.15) is 0 Å². The van der Waals surface area contributed by atoms with Crippen LogP contribution in [0.25, 0.3) is 0 Å². The Morgan fingerprint density at radius 1 is 1.14 bits per heavy atom. The van der Waals surface area contributed by atoms with Gasteiger partial charge in [-0.25, -0.2) is 0 Å². The van der Waals surface area contributed by atoms with Crippen LogP contribution in [-0.4, -0.2) is 22.4 Å². The summed E-state index contributed by atoms with van der Waals surface area (Å²) in [6.07, 6.45) is 5.03. The first-order chi connectivity index (χ1) is 6.51. The van der Waals surface area contributed by atoms with Gasteiger partial charge >= 0.3 is 0 Å². The molecule has 0 aromatic carbocycles. The van der Waals surface area contributed by atoms with E-state index in [0.717, 1.165) is 25.7 Å². The first-order valence-corrected chi connectivity index (χ1v) is 5.85. The molecular formula is C12H22O2. The Labute approximate surface area is 86.3 Å². The highest BCUT2D eigenvalue weighted by Gasteiger charge is 2.59. The average Bonchev–Trinajstić information content (AvgIpc) is 2.80. The van der Waals surface area contributed by atoms with Crippen molar-refractivity contribution in [3.8, 4) is 0 Å². The van der Waals surface area contributed by atoms with Crippen LogP contribution in [0.2, 0.25) is 0 Å². The summed E-state index contributed by atoms with van der Waals surface area (Å²) in [7, 11) is 0. The third kappa shape index (κ3) is 1.49. The lowest BCUT2D eigenvalue weighted by Crippen LogP contribution is -2.47. The third-order valence-corrected chi connectivity index (χ3v) is 4.32. The van der Waals surface area contributed by atoms with E-state index in [2.05, 4.69) is 13.8 Å². The molecule has 0 aromatic rings. The highest BCUT2D eigenvalue weighted by Crippen LogP contribution is 2.59. The van der Waals surface area contributed by atoms with Gasteiger partial charge in [-0.1, -0.05) is 13.8 Å². The summed E-state index contributed by atoms with van der Waals surface area (Å²) in [4.78, 5) is 0. The Bertz CT molecular complexity index is 210. The zero-order chi connectivity index (χ0) is 10.4. The summed E-state index contributed by atoms with van der Waals surface area (Å²) in [6, 6.07) is 0. The number of rotatable bonds is 2. The second kappa shape index (κ2) is 3.21. The Morgan fingerprint density at radius 3 is 2.00 bits per heavy atom. The fraction of sp³-hybridized carbons (Fsp3) is 1.00. The van der Waals surface area contributed by atoms with Crippen LogP contribution in [0.5, 0.6) is 0 Å². The number of hydrogen-bond acceptors (Lipinski definition) is 2. The molecule has 0 bridgehead atoms. The SMILES string of the molecule is CC1CC(C)CC(O)(C2(CO)CC2)C1. The van der Waals surface area contributed by atoms with E-state index in [-0.39, 0.29) is 12.0 Å². The van der Waals surface area contributed by atoms with Crippen molar-refractivity contribution >= 4 is 0 Å². The van der Waals surface area contributed by atoms with E-state index in [4.69, 9.17) is 0 Å². The van der Waals surface area contributed by atoms with Crippen molar-refractivity contribution in [2.75, 3.05) is 6.61 Å². The molecule has 0 heterocycles. The number of aliphatic hydroxyl groups excluding tert-OH is 1. The van der Waals surface area contributed by atoms with E-state index in [0.29, 0.717) is 11.8 Å². The third-order valence-electron chi connectivity index (χ3n) is 4.32. The maximum atomic E-state index is 10.6. The van der Waals surface area contributed by atoms with E-state index in [1.165, 1.54) is 6.42 Å². The van der Waals surface area contributed by atoms with Gasteiger partial charge in [-0.15, -0.1) is 0 Å². The van der Waals surface area contributed by atoms with Gasteiger partial charge in [-0.05, 0) is 43.9 Å². The maximum Gasteiger partial charge on any atom is 0.0730 e. The second-order valence-corrected chi connectivity index (χ2v) is 5.82. The minimum Gasteiger partial charge on any atom is -0.396 e. The fourth-order valence-electron chi connectivity index (χ4n) is 3.44. The highest BCUT2D eigenvalue weighted by molar-refractivity contribution is 5.10. The maximum absolute atomic E-state index is 10.6. The molecule has 2 heteroatoms. The van der Waals surface area contributed by atoms with Gasteiger partial charge in [0.25, 0.3) is 0 Å². The molecule has 0 aromatic heterocycles. The molecule has 2 aliphatic carbocycles. The normalized spacial score (nSPS) is 46.3. The molecule has 82 valence electrons. The summed E-state index contributed by atoms with van der Waals surface area (Å²) in [5.41, 5.74) is -0.700. The fourth-order valence-corrected chi connectivity index (χ4v) is 3.44. The van der Waals surface area contributed by atoms with E-state index < -0.39 is 5.60 Å². The molecule has 0 spiro atoms. The average molecular weight is 198 g/mol. The number of hydrogen-bond donors (Lipinski definition) is 2. The standard InChI is InChI=1S/C12H22O2/c1-9-5-10(2)7-12(14,6-9)11(8-13)3-4-11/h9-10,13-14H,3-8H2,1-2H3. The Kier molecular flexibility index (Phi) is 2.39. The van der Waals surface area contributed by atoms with Crippen molar-refractivity contribution in [2.24, 2.45) is 17.3 Å². The van der Waals surface area contributed by atoms with Crippen molar-refractivity contribution < 1.29 is 10.2 Å². The van der Waals surface area contributed by atoms with Crippen molar-refractivity contribution in [1.82, 2.24) is 0 Å². The quantitative estimate of drug-likeness (QED) is 0.712. The van der Waals surface area contributed by atoms with Crippen molar-refractivity contribution in [1.29, 1.82) is 0 Å². The largest absolute Gasteiger partial charge is 0.396 e. The molecule has 2 N–H and O–H groups in total. The summed E-state index contributed by atoms with van der Waals surface area (Å²) >= 11 is 0. The highest BCUT2D eigenvalue weighted by atomic mass is 16.3. The van der Waals surface area contributed by atoms with E-state index in [1.807, 2.05) is 0 Å². The van der Waals surface area contributed by atoms with Gasteiger partial charge in [0, 0.05) is 5.41 Å². The Morgan fingerprint density at radius 2 is 1.64 bits per heavy atom. The van der Waals surface area contributed by atoms with Gasteiger partial charge < -0.3 is 10.2 Å². The van der Waals surface area contributed by atoms with Crippen LogP contribution in [0.15, 0.2) is 0 Å². The van der Waals surface area contributed by atoms with Gasteiger partial charge in [0.05, 0.1) is 12.2 Å². The van der Waals surface area contributed by atoms with Gasteiger partial charge in [-0.3, -0.25) is 0 Å². The molecule has 2 saturated carbocycles. The smallest absolute Gasteiger partial charge is 0.0730 e. The summed E-state index contributed by atoms with van der Waals surface area (Å²) in [5, 5.41) is 20.0. The molecule has 2 rings (SSSR count). The predicted molar refractivity (Wildman–Crippen MR) is 55.9 cm³/mol. The van der Waals surface area contributed by atoms with Crippen LogP contribution in [-0.2, 0) is 0 Å². The predicted octanol–water partition coefficient (Wildman–Crippen LogP) is 1.95. The first-order valence-electron chi connectivity index (χ1n) is 5.85. The van der Waals surface area contributed by atoms with Crippen LogP contribution in [0.1, 0.15) is 46.0 Å². The zero-order valence-electron chi connectivity index (χ0n) is 9.29. The lowest BCUT2D eigenvalue weighted by molar-refractivity contribution is -0.104. The molecule has 0 radical (unpaired) electrons. The van der Waals surface area contributed by atoms with Crippen molar-refractivity contribution in [2.45, 2.75) is 51.6 Å². The topological polar surface area (TPSA) is 40.5 Å². The molecule has 2 nitrogen and oxygen atoms in total.